The number of aryl methyl sites for hydroxylation is 1. The lowest BCUT2D eigenvalue weighted by Gasteiger charge is -2.34. The Hall–Kier alpha value is -1.21. The quantitative estimate of drug-likeness (QED) is 0.867. The molecular weight excluding hydrogens is 310 g/mol. The van der Waals surface area contributed by atoms with Crippen molar-refractivity contribution in [1.29, 1.82) is 0 Å². The van der Waals surface area contributed by atoms with Gasteiger partial charge in [0.05, 0.1) is 18.4 Å². The molecule has 2 fully saturated rings. The van der Waals surface area contributed by atoms with Crippen LogP contribution in [0.5, 0.6) is 0 Å². The SMILES string of the molecule is CN(CC(=O)N[C@H]1CCCN(c2cnn(C)c2)C1)[C@@H]1CCSC1. The molecule has 23 heavy (non-hydrogen) atoms. The Morgan fingerprint density at radius 3 is 3.09 bits per heavy atom. The van der Waals surface area contributed by atoms with Crippen molar-refractivity contribution in [2.75, 3.05) is 43.1 Å². The average Bonchev–Trinajstić information content (AvgIpc) is 3.18. The molecule has 0 spiro atoms. The summed E-state index contributed by atoms with van der Waals surface area (Å²) < 4.78 is 1.83. The Morgan fingerprint density at radius 2 is 2.39 bits per heavy atom. The molecule has 0 unspecified atom stereocenters. The Balaban J connectivity index is 1.48. The van der Waals surface area contributed by atoms with Gasteiger partial charge in [0.2, 0.25) is 5.91 Å². The summed E-state index contributed by atoms with van der Waals surface area (Å²) in [4.78, 5) is 16.9. The summed E-state index contributed by atoms with van der Waals surface area (Å²) in [6.07, 6.45) is 7.30. The van der Waals surface area contributed by atoms with Crippen LogP contribution in [0.4, 0.5) is 5.69 Å². The molecule has 2 atom stereocenters. The van der Waals surface area contributed by atoms with Crippen LogP contribution in [-0.2, 0) is 11.8 Å². The molecule has 2 aliphatic heterocycles. The van der Waals surface area contributed by atoms with Gasteiger partial charge in [0.1, 0.15) is 0 Å². The first kappa shape index (κ1) is 16.6. The van der Waals surface area contributed by atoms with E-state index in [0.29, 0.717) is 12.6 Å². The van der Waals surface area contributed by atoms with Crippen molar-refractivity contribution in [3.05, 3.63) is 12.4 Å². The molecule has 1 aromatic rings. The normalized spacial score (nSPS) is 25.1. The van der Waals surface area contributed by atoms with Crippen molar-refractivity contribution < 1.29 is 4.79 Å². The Morgan fingerprint density at radius 1 is 1.52 bits per heavy atom. The number of carbonyl (C=O) groups is 1. The van der Waals surface area contributed by atoms with Crippen LogP contribution in [-0.4, -0.2) is 70.9 Å². The van der Waals surface area contributed by atoms with Gasteiger partial charge < -0.3 is 10.2 Å². The molecule has 0 aromatic carbocycles. The van der Waals surface area contributed by atoms with Gasteiger partial charge in [0.25, 0.3) is 0 Å². The molecule has 0 saturated carbocycles. The first-order valence-electron chi connectivity index (χ1n) is 8.43. The number of carbonyl (C=O) groups excluding carboxylic acids is 1. The molecule has 128 valence electrons. The molecule has 3 heterocycles. The summed E-state index contributed by atoms with van der Waals surface area (Å²) in [5.41, 5.74) is 1.14. The predicted octanol–water partition coefficient (Wildman–Crippen LogP) is 0.942. The lowest BCUT2D eigenvalue weighted by molar-refractivity contribution is -0.123. The van der Waals surface area contributed by atoms with E-state index in [0.717, 1.165) is 37.4 Å². The molecule has 7 heteroatoms. The van der Waals surface area contributed by atoms with Crippen LogP contribution < -0.4 is 10.2 Å². The van der Waals surface area contributed by atoms with Crippen molar-refractivity contribution in [2.24, 2.45) is 7.05 Å². The van der Waals surface area contributed by atoms with Gasteiger partial charge in [-0.1, -0.05) is 0 Å². The highest BCUT2D eigenvalue weighted by atomic mass is 32.2. The van der Waals surface area contributed by atoms with E-state index in [2.05, 4.69) is 27.3 Å². The highest BCUT2D eigenvalue weighted by Crippen LogP contribution is 2.21. The van der Waals surface area contributed by atoms with E-state index in [1.807, 2.05) is 35.9 Å². The molecule has 2 saturated heterocycles. The lowest BCUT2D eigenvalue weighted by atomic mass is 10.1. The maximum Gasteiger partial charge on any atom is 0.234 e. The number of anilines is 1. The second-order valence-corrected chi connectivity index (χ2v) is 7.81. The second kappa shape index (κ2) is 7.57. The second-order valence-electron chi connectivity index (χ2n) is 6.66. The van der Waals surface area contributed by atoms with Crippen LogP contribution in [0, 0.1) is 0 Å². The van der Waals surface area contributed by atoms with Crippen LogP contribution in [0.2, 0.25) is 0 Å². The van der Waals surface area contributed by atoms with Crippen LogP contribution in [0.25, 0.3) is 0 Å². The number of likely N-dealkylation sites (N-methyl/N-ethyl adjacent to an activating group) is 1. The molecule has 0 radical (unpaired) electrons. The Bertz CT molecular complexity index is 528. The summed E-state index contributed by atoms with van der Waals surface area (Å²) in [5.74, 6) is 2.53. The number of hydrogen-bond donors (Lipinski definition) is 1. The average molecular weight is 337 g/mol. The smallest absolute Gasteiger partial charge is 0.234 e. The first-order valence-corrected chi connectivity index (χ1v) is 9.58. The van der Waals surface area contributed by atoms with Crippen molar-refractivity contribution in [1.82, 2.24) is 20.0 Å². The number of amides is 1. The third kappa shape index (κ3) is 4.41. The van der Waals surface area contributed by atoms with Crippen LogP contribution >= 0.6 is 11.8 Å². The van der Waals surface area contributed by atoms with E-state index in [9.17, 15) is 4.79 Å². The fraction of sp³-hybridized carbons (Fsp3) is 0.750. The number of nitrogens with zero attached hydrogens (tertiary/aromatic N) is 4. The number of piperidine rings is 1. The summed E-state index contributed by atoms with van der Waals surface area (Å²) in [6.45, 7) is 2.42. The highest BCUT2D eigenvalue weighted by molar-refractivity contribution is 7.99. The third-order valence-electron chi connectivity index (χ3n) is 4.76. The van der Waals surface area contributed by atoms with Crippen molar-refractivity contribution in [2.45, 2.75) is 31.3 Å². The molecule has 6 nitrogen and oxygen atoms in total. The van der Waals surface area contributed by atoms with E-state index < -0.39 is 0 Å². The minimum absolute atomic E-state index is 0.155. The van der Waals surface area contributed by atoms with Gasteiger partial charge in [0.15, 0.2) is 0 Å². The number of aromatic nitrogens is 2. The van der Waals surface area contributed by atoms with Crippen molar-refractivity contribution in [3.63, 3.8) is 0 Å². The van der Waals surface area contributed by atoms with E-state index in [1.54, 1.807) is 0 Å². The molecule has 1 aromatic heterocycles. The molecule has 0 aliphatic carbocycles. The Labute approximate surface area is 142 Å². The first-order chi connectivity index (χ1) is 11.1. The zero-order valence-electron chi connectivity index (χ0n) is 14.1. The molecule has 0 bridgehead atoms. The van der Waals surface area contributed by atoms with E-state index >= 15 is 0 Å². The van der Waals surface area contributed by atoms with Gasteiger partial charge in [-0.05, 0) is 32.1 Å². The zero-order valence-corrected chi connectivity index (χ0v) is 14.9. The number of nitrogens with one attached hydrogen (secondary N) is 1. The van der Waals surface area contributed by atoms with Crippen molar-refractivity contribution >= 4 is 23.4 Å². The van der Waals surface area contributed by atoms with Gasteiger partial charge >= 0.3 is 0 Å². The van der Waals surface area contributed by atoms with Crippen molar-refractivity contribution in [3.8, 4) is 0 Å². The monoisotopic (exact) mass is 337 g/mol. The maximum atomic E-state index is 12.3. The number of hydrogen-bond acceptors (Lipinski definition) is 5. The third-order valence-corrected chi connectivity index (χ3v) is 5.91. The largest absolute Gasteiger partial charge is 0.367 e. The summed E-state index contributed by atoms with van der Waals surface area (Å²) in [6, 6.07) is 0.798. The highest BCUT2D eigenvalue weighted by Gasteiger charge is 2.25. The molecule has 1 N–H and O–H groups in total. The van der Waals surface area contributed by atoms with E-state index in [4.69, 9.17) is 0 Å². The maximum absolute atomic E-state index is 12.3. The van der Waals surface area contributed by atoms with Gasteiger partial charge in [-0.2, -0.15) is 16.9 Å². The lowest BCUT2D eigenvalue weighted by Crippen LogP contribution is -2.50. The fourth-order valence-corrected chi connectivity index (χ4v) is 4.70. The predicted molar refractivity (Wildman–Crippen MR) is 94.9 cm³/mol. The molecule has 3 rings (SSSR count). The minimum atomic E-state index is 0.155. The van der Waals surface area contributed by atoms with Gasteiger partial charge in [0, 0.05) is 44.2 Å². The van der Waals surface area contributed by atoms with Crippen LogP contribution in [0.15, 0.2) is 12.4 Å². The standard InChI is InChI=1S/C16H27N5OS/c1-19(14-5-7-23-12-14)11-16(22)18-13-4-3-6-21(9-13)15-8-17-20(2)10-15/h8,10,13-14H,3-7,9,11-12H2,1-2H3,(H,18,22)/t13-,14+/m0/s1. The van der Waals surface area contributed by atoms with Gasteiger partial charge in [-0.3, -0.25) is 14.4 Å². The summed E-state index contributed by atoms with van der Waals surface area (Å²) >= 11 is 1.99. The fourth-order valence-electron chi connectivity index (χ4n) is 3.40. The number of rotatable bonds is 5. The zero-order chi connectivity index (χ0) is 16.2. The molecule has 2 aliphatic rings. The van der Waals surface area contributed by atoms with Crippen LogP contribution in [0.1, 0.15) is 19.3 Å². The Kier molecular flexibility index (Phi) is 5.48. The summed E-state index contributed by atoms with van der Waals surface area (Å²) in [5, 5.41) is 7.46. The van der Waals surface area contributed by atoms with Gasteiger partial charge in [-0.15, -0.1) is 0 Å². The minimum Gasteiger partial charge on any atom is -0.367 e. The number of thioether (sulfide) groups is 1. The van der Waals surface area contributed by atoms with E-state index in [1.165, 1.54) is 12.2 Å². The molecule has 1 amide bonds. The van der Waals surface area contributed by atoms with Gasteiger partial charge in [-0.25, -0.2) is 0 Å². The molecular formula is C16H27N5OS. The summed E-state index contributed by atoms with van der Waals surface area (Å²) in [7, 11) is 4.00. The topological polar surface area (TPSA) is 53.4 Å². The van der Waals surface area contributed by atoms with E-state index in [-0.39, 0.29) is 11.9 Å². The van der Waals surface area contributed by atoms with Crippen LogP contribution in [0.3, 0.4) is 0 Å².